The second-order valence-electron chi connectivity index (χ2n) is 7.62. The normalized spacial score (nSPS) is 11.5. The summed E-state index contributed by atoms with van der Waals surface area (Å²) in [5, 5.41) is 5.80. The van der Waals surface area contributed by atoms with E-state index in [1.54, 1.807) is 42.5 Å². The van der Waals surface area contributed by atoms with Gasteiger partial charge in [0.15, 0.2) is 6.10 Å². The van der Waals surface area contributed by atoms with Gasteiger partial charge in [0.25, 0.3) is 5.91 Å². The second kappa shape index (κ2) is 10.8. The number of benzene rings is 3. The maximum atomic E-state index is 12.7. The molecule has 0 radical (unpaired) electrons. The van der Waals surface area contributed by atoms with Crippen LogP contribution in [0.1, 0.15) is 28.0 Å². The molecule has 1 amide bonds. The molecule has 4 rings (SSSR count). The zero-order valence-corrected chi connectivity index (χ0v) is 19.7. The number of esters is 1. The summed E-state index contributed by atoms with van der Waals surface area (Å²) in [5.41, 5.74) is 3.72. The van der Waals surface area contributed by atoms with Crippen LogP contribution in [-0.2, 0) is 16.1 Å². The van der Waals surface area contributed by atoms with Crippen LogP contribution in [0.5, 0.6) is 5.75 Å². The molecule has 1 atom stereocenters. The van der Waals surface area contributed by atoms with Crippen molar-refractivity contribution in [3.8, 4) is 16.9 Å². The van der Waals surface area contributed by atoms with Crippen LogP contribution in [0.4, 0.5) is 5.69 Å². The largest absolute Gasteiger partial charge is 0.487 e. The molecule has 1 heterocycles. The molecule has 1 unspecified atom stereocenters. The van der Waals surface area contributed by atoms with Gasteiger partial charge in [-0.2, -0.15) is 0 Å². The number of carbonyl (C=O) groups excluding carboxylic acids is 2. The summed E-state index contributed by atoms with van der Waals surface area (Å²) in [4.78, 5) is 29.6. The Balaban J connectivity index is 1.34. The highest BCUT2D eigenvalue weighted by molar-refractivity contribution is 7.09. The summed E-state index contributed by atoms with van der Waals surface area (Å²) >= 11 is 1.57. The van der Waals surface area contributed by atoms with Gasteiger partial charge in [-0.1, -0.05) is 48.5 Å². The minimum atomic E-state index is -0.972. The van der Waals surface area contributed by atoms with E-state index in [4.69, 9.17) is 9.47 Å². The molecule has 0 fully saturated rings. The molecule has 4 aromatic rings. The van der Waals surface area contributed by atoms with Crippen LogP contribution in [0.25, 0.3) is 11.1 Å². The van der Waals surface area contributed by atoms with E-state index in [1.807, 2.05) is 66.9 Å². The lowest BCUT2D eigenvalue weighted by Crippen LogP contribution is -2.30. The molecule has 0 saturated heterocycles. The molecule has 0 spiro atoms. The van der Waals surface area contributed by atoms with E-state index in [0.717, 1.165) is 21.8 Å². The molecule has 0 saturated carbocycles. The van der Waals surface area contributed by atoms with Gasteiger partial charge in [-0.25, -0.2) is 9.78 Å². The van der Waals surface area contributed by atoms with E-state index in [1.165, 1.54) is 0 Å². The van der Waals surface area contributed by atoms with Crippen LogP contribution in [-0.4, -0.2) is 23.0 Å². The third kappa shape index (κ3) is 5.88. The lowest BCUT2D eigenvalue weighted by atomic mass is 10.0. The number of rotatable bonds is 8. The average Bonchev–Trinajstić information content (AvgIpc) is 3.29. The monoisotopic (exact) mass is 472 g/mol. The van der Waals surface area contributed by atoms with Crippen molar-refractivity contribution in [2.45, 2.75) is 26.6 Å². The van der Waals surface area contributed by atoms with Gasteiger partial charge < -0.3 is 14.8 Å². The maximum Gasteiger partial charge on any atom is 0.338 e. The number of thiazole rings is 1. The van der Waals surface area contributed by atoms with Gasteiger partial charge in [-0.15, -0.1) is 11.3 Å². The lowest BCUT2D eigenvalue weighted by Gasteiger charge is -2.16. The number of para-hydroxylation sites is 1. The Morgan fingerprint density at radius 3 is 2.38 bits per heavy atom. The van der Waals surface area contributed by atoms with Crippen molar-refractivity contribution in [2.24, 2.45) is 0 Å². The van der Waals surface area contributed by atoms with Gasteiger partial charge in [0.05, 0.1) is 16.3 Å². The van der Waals surface area contributed by atoms with Crippen LogP contribution in [0, 0.1) is 6.92 Å². The SMILES string of the molecule is Cc1nc(COc2ccc(C(=O)OC(C)C(=O)Nc3ccccc3-c3ccccc3)cc2)cs1. The Morgan fingerprint density at radius 1 is 0.971 bits per heavy atom. The van der Waals surface area contributed by atoms with Gasteiger partial charge in [0, 0.05) is 16.6 Å². The van der Waals surface area contributed by atoms with Crippen molar-refractivity contribution >= 4 is 28.9 Å². The van der Waals surface area contributed by atoms with Crippen molar-refractivity contribution in [3.63, 3.8) is 0 Å². The van der Waals surface area contributed by atoms with E-state index >= 15 is 0 Å². The summed E-state index contributed by atoms with van der Waals surface area (Å²) in [7, 11) is 0. The highest BCUT2D eigenvalue weighted by Crippen LogP contribution is 2.27. The quantitative estimate of drug-likeness (QED) is 0.324. The van der Waals surface area contributed by atoms with E-state index < -0.39 is 18.0 Å². The first kappa shape index (κ1) is 23.2. The summed E-state index contributed by atoms with van der Waals surface area (Å²) < 4.78 is 11.1. The number of anilines is 1. The van der Waals surface area contributed by atoms with Gasteiger partial charge in [-0.05, 0) is 49.7 Å². The van der Waals surface area contributed by atoms with Crippen LogP contribution in [0.3, 0.4) is 0 Å². The highest BCUT2D eigenvalue weighted by Gasteiger charge is 2.20. The Bertz CT molecular complexity index is 1270. The fourth-order valence-electron chi connectivity index (χ4n) is 3.30. The van der Waals surface area contributed by atoms with Crippen molar-refractivity contribution < 1.29 is 19.1 Å². The highest BCUT2D eigenvalue weighted by atomic mass is 32.1. The number of aryl methyl sites for hydroxylation is 1. The molecule has 7 heteroatoms. The van der Waals surface area contributed by atoms with Crippen LogP contribution in [0.15, 0.2) is 84.2 Å². The lowest BCUT2D eigenvalue weighted by molar-refractivity contribution is -0.123. The predicted octanol–water partition coefficient (Wildman–Crippen LogP) is 5.88. The molecule has 0 aliphatic carbocycles. The number of nitrogens with zero attached hydrogens (tertiary/aromatic N) is 1. The van der Waals surface area contributed by atoms with E-state index in [2.05, 4.69) is 10.3 Å². The molecular weight excluding hydrogens is 448 g/mol. The summed E-state index contributed by atoms with van der Waals surface area (Å²) in [5.74, 6) is -0.374. The zero-order chi connectivity index (χ0) is 23.9. The van der Waals surface area contributed by atoms with Crippen LogP contribution in [0.2, 0.25) is 0 Å². The molecule has 0 bridgehead atoms. The van der Waals surface area contributed by atoms with E-state index in [9.17, 15) is 9.59 Å². The van der Waals surface area contributed by atoms with Gasteiger partial charge in [0.1, 0.15) is 12.4 Å². The van der Waals surface area contributed by atoms with Crippen molar-refractivity contribution in [1.82, 2.24) is 4.98 Å². The third-order valence-electron chi connectivity index (χ3n) is 5.07. The minimum absolute atomic E-state index is 0.334. The first-order valence-electron chi connectivity index (χ1n) is 10.8. The number of hydrogen-bond donors (Lipinski definition) is 1. The van der Waals surface area contributed by atoms with Gasteiger partial charge >= 0.3 is 5.97 Å². The summed E-state index contributed by atoms with van der Waals surface area (Å²) in [6, 6.07) is 23.9. The third-order valence-corrected chi connectivity index (χ3v) is 5.89. The summed E-state index contributed by atoms with van der Waals surface area (Å²) in [6.07, 6.45) is -0.972. The molecule has 0 aliphatic heterocycles. The zero-order valence-electron chi connectivity index (χ0n) is 18.9. The Labute approximate surface area is 202 Å². The molecule has 34 heavy (non-hydrogen) atoms. The smallest absolute Gasteiger partial charge is 0.338 e. The van der Waals surface area contributed by atoms with E-state index in [-0.39, 0.29) is 0 Å². The number of ether oxygens (including phenoxy) is 2. The first-order valence-corrected chi connectivity index (χ1v) is 11.7. The standard InChI is InChI=1S/C27H24N2O4S/c1-18(26(30)29-25-11-7-6-10-24(25)20-8-4-3-5-9-20)33-27(31)21-12-14-23(15-13-21)32-16-22-17-34-19(2)28-22/h3-15,17-18H,16H2,1-2H3,(H,29,30). The molecule has 6 nitrogen and oxygen atoms in total. The molecule has 172 valence electrons. The number of aromatic nitrogens is 1. The second-order valence-corrected chi connectivity index (χ2v) is 8.68. The fourth-order valence-corrected chi connectivity index (χ4v) is 3.89. The first-order chi connectivity index (χ1) is 16.5. The fraction of sp³-hybridized carbons (Fsp3) is 0.148. The Hall–Kier alpha value is -3.97. The maximum absolute atomic E-state index is 12.7. The number of carbonyl (C=O) groups is 2. The molecule has 0 aliphatic rings. The van der Waals surface area contributed by atoms with Crippen LogP contribution < -0.4 is 10.1 Å². The topological polar surface area (TPSA) is 77.5 Å². The van der Waals surface area contributed by atoms with Crippen molar-refractivity contribution in [2.75, 3.05) is 5.32 Å². The van der Waals surface area contributed by atoms with Crippen molar-refractivity contribution in [1.29, 1.82) is 0 Å². The Kier molecular flexibility index (Phi) is 7.34. The van der Waals surface area contributed by atoms with Crippen molar-refractivity contribution in [3.05, 3.63) is 101 Å². The molecule has 3 aromatic carbocycles. The molecular formula is C27H24N2O4S. The summed E-state index contributed by atoms with van der Waals surface area (Å²) in [6.45, 7) is 3.85. The number of hydrogen-bond acceptors (Lipinski definition) is 6. The van der Waals surface area contributed by atoms with Crippen LogP contribution >= 0.6 is 11.3 Å². The van der Waals surface area contributed by atoms with Gasteiger partial charge in [0.2, 0.25) is 0 Å². The predicted molar refractivity (Wildman–Crippen MR) is 133 cm³/mol. The Morgan fingerprint density at radius 2 is 1.68 bits per heavy atom. The number of amides is 1. The average molecular weight is 473 g/mol. The number of nitrogens with one attached hydrogen (secondary N) is 1. The molecule has 1 N–H and O–H groups in total. The van der Waals surface area contributed by atoms with E-state index in [0.29, 0.717) is 23.6 Å². The minimum Gasteiger partial charge on any atom is -0.487 e. The molecule has 1 aromatic heterocycles. The van der Waals surface area contributed by atoms with Gasteiger partial charge in [-0.3, -0.25) is 4.79 Å².